The van der Waals surface area contributed by atoms with Crippen LogP contribution in [0.15, 0.2) is 54.6 Å². The summed E-state index contributed by atoms with van der Waals surface area (Å²) in [5.41, 5.74) is 1.75. The normalized spacial score (nSPS) is 11.9. The molecular formula is C18H20ClNO2. The molecule has 2 rings (SSSR count). The lowest BCUT2D eigenvalue weighted by Crippen LogP contribution is -2.25. The molecule has 1 amide bonds. The molecule has 0 bridgehead atoms. The topological polar surface area (TPSA) is 49.3 Å². The molecule has 2 aromatic carbocycles. The van der Waals surface area contributed by atoms with Crippen LogP contribution in [0, 0.1) is 0 Å². The maximum Gasteiger partial charge on any atom is 0.251 e. The summed E-state index contributed by atoms with van der Waals surface area (Å²) in [6.07, 6.45) is 1.48. The van der Waals surface area contributed by atoms with Crippen LogP contribution in [0.2, 0.25) is 5.02 Å². The SMILES string of the molecule is O=C(NCC[C@H](CCO)c1ccccc1)c1cccc(Cl)c1. The molecule has 0 aliphatic rings. The van der Waals surface area contributed by atoms with Crippen molar-refractivity contribution < 1.29 is 9.90 Å². The van der Waals surface area contributed by atoms with E-state index >= 15 is 0 Å². The average Bonchev–Trinajstić information content (AvgIpc) is 2.55. The van der Waals surface area contributed by atoms with Crippen molar-refractivity contribution in [1.82, 2.24) is 5.32 Å². The van der Waals surface area contributed by atoms with Gasteiger partial charge in [0.05, 0.1) is 0 Å². The van der Waals surface area contributed by atoms with Crippen molar-refractivity contribution in [1.29, 1.82) is 0 Å². The van der Waals surface area contributed by atoms with Gasteiger partial charge in [0.2, 0.25) is 0 Å². The Balaban J connectivity index is 1.89. The van der Waals surface area contributed by atoms with Crippen LogP contribution >= 0.6 is 11.6 Å². The van der Waals surface area contributed by atoms with E-state index in [0.29, 0.717) is 23.6 Å². The highest BCUT2D eigenvalue weighted by molar-refractivity contribution is 6.30. The molecule has 1 atom stereocenters. The Morgan fingerprint density at radius 1 is 1.09 bits per heavy atom. The zero-order chi connectivity index (χ0) is 15.8. The summed E-state index contributed by atoms with van der Waals surface area (Å²) in [7, 11) is 0. The van der Waals surface area contributed by atoms with Crippen molar-refractivity contribution in [2.24, 2.45) is 0 Å². The lowest BCUT2D eigenvalue weighted by Gasteiger charge is -2.16. The summed E-state index contributed by atoms with van der Waals surface area (Å²) in [6.45, 7) is 0.701. The Labute approximate surface area is 135 Å². The van der Waals surface area contributed by atoms with Crippen LogP contribution < -0.4 is 5.32 Å². The van der Waals surface area contributed by atoms with Crippen molar-refractivity contribution in [3.8, 4) is 0 Å². The minimum Gasteiger partial charge on any atom is -0.396 e. The third kappa shape index (κ3) is 4.86. The van der Waals surface area contributed by atoms with Crippen LogP contribution in [0.1, 0.15) is 34.7 Å². The van der Waals surface area contributed by atoms with Gasteiger partial charge in [-0.25, -0.2) is 0 Å². The molecular weight excluding hydrogens is 298 g/mol. The zero-order valence-corrected chi connectivity index (χ0v) is 13.1. The number of benzene rings is 2. The fourth-order valence-corrected chi connectivity index (χ4v) is 2.64. The Morgan fingerprint density at radius 3 is 2.55 bits per heavy atom. The van der Waals surface area contributed by atoms with Gasteiger partial charge in [-0.3, -0.25) is 4.79 Å². The Kier molecular flexibility index (Phi) is 6.44. The number of rotatable bonds is 7. The first-order valence-corrected chi connectivity index (χ1v) is 7.78. The predicted molar refractivity (Wildman–Crippen MR) is 89.3 cm³/mol. The third-order valence-electron chi connectivity index (χ3n) is 3.61. The molecule has 22 heavy (non-hydrogen) atoms. The second kappa shape index (κ2) is 8.57. The highest BCUT2D eigenvalue weighted by atomic mass is 35.5. The number of aliphatic hydroxyl groups excluding tert-OH is 1. The average molecular weight is 318 g/mol. The van der Waals surface area contributed by atoms with E-state index in [4.69, 9.17) is 11.6 Å². The molecule has 2 aromatic rings. The molecule has 0 aliphatic heterocycles. The number of hydrogen-bond donors (Lipinski definition) is 2. The third-order valence-corrected chi connectivity index (χ3v) is 3.85. The van der Waals surface area contributed by atoms with Crippen LogP contribution in [0.4, 0.5) is 0 Å². The monoisotopic (exact) mass is 317 g/mol. The van der Waals surface area contributed by atoms with Gasteiger partial charge >= 0.3 is 0 Å². The molecule has 0 spiro atoms. The second-order valence-electron chi connectivity index (χ2n) is 5.17. The molecule has 116 valence electrons. The first kappa shape index (κ1) is 16.5. The zero-order valence-electron chi connectivity index (χ0n) is 12.3. The van der Waals surface area contributed by atoms with E-state index in [-0.39, 0.29) is 18.4 Å². The number of carbonyl (C=O) groups excluding carboxylic acids is 1. The van der Waals surface area contributed by atoms with Gasteiger partial charge in [0.1, 0.15) is 0 Å². The summed E-state index contributed by atoms with van der Waals surface area (Å²) in [4.78, 5) is 12.1. The summed E-state index contributed by atoms with van der Waals surface area (Å²) >= 11 is 5.89. The largest absolute Gasteiger partial charge is 0.396 e. The minimum absolute atomic E-state index is 0.127. The molecule has 0 saturated heterocycles. The number of aliphatic hydroxyl groups is 1. The Morgan fingerprint density at radius 2 is 1.86 bits per heavy atom. The fourth-order valence-electron chi connectivity index (χ4n) is 2.45. The van der Waals surface area contributed by atoms with E-state index in [1.54, 1.807) is 24.3 Å². The Bertz CT molecular complexity index is 601. The molecule has 4 heteroatoms. The van der Waals surface area contributed by atoms with E-state index in [1.807, 2.05) is 18.2 Å². The molecule has 0 fully saturated rings. The van der Waals surface area contributed by atoms with E-state index in [0.717, 1.165) is 6.42 Å². The van der Waals surface area contributed by atoms with Crippen molar-refractivity contribution >= 4 is 17.5 Å². The number of carbonyl (C=O) groups is 1. The van der Waals surface area contributed by atoms with Crippen LogP contribution in [-0.2, 0) is 0 Å². The van der Waals surface area contributed by atoms with Crippen molar-refractivity contribution in [2.75, 3.05) is 13.2 Å². The smallest absolute Gasteiger partial charge is 0.251 e. The lowest BCUT2D eigenvalue weighted by molar-refractivity contribution is 0.0952. The summed E-state index contributed by atoms with van der Waals surface area (Å²) < 4.78 is 0. The quantitative estimate of drug-likeness (QED) is 0.819. The first-order chi connectivity index (χ1) is 10.7. The highest BCUT2D eigenvalue weighted by Gasteiger charge is 2.12. The van der Waals surface area contributed by atoms with Gasteiger partial charge in [-0.2, -0.15) is 0 Å². The molecule has 2 N–H and O–H groups in total. The van der Waals surface area contributed by atoms with E-state index < -0.39 is 0 Å². The van der Waals surface area contributed by atoms with Gasteiger partial charge < -0.3 is 10.4 Å². The van der Waals surface area contributed by atoms with E-state index in [1.165, 1.54) is 5.56 Å². The van der Waals surface area contributed by atoms with E-state index in [2.05, 4.69) is 17.4 Å². The number of amides is 1. The summed E-state index contributed by atoms with van der Waals surface area (Å²) in [5, 5.41) is 12.7. The molecule has 0 radical (unpaired) electrons. The molecule has 0 aliphatic carbocycles. The standard InChI is InChI=1S/C18H20ClNO2/c19-17-8-4-7-16(13-17)18(22)20-11-9-15(10-12-21)14-5-2-1-3-6-14/h1-8,13,15,21H,9-12H2,(H,20,22)/t15-/m1/s1. The van der Waals surface area contributed by atoms with Crippen LogP contribution in [0.5, 0.6) is 0 Å². The number of hydrogen-bond acceptors (Lipinski definition) is 2. The fraction of sp³-hybridized carbons (Fsp3) is 0.278. The minimum atomic E-state index is -0.127. The Hall–Kier alpha value is -1.84. The summed E-state index contributed by atoms with van der Waals surface area (Å²) in [6, 6.07) is 17.0. The second-order valence-corrected chi connectivity index (χ2v) is 5.61. The maximum atomic E-state index is 12.1. The van der Waals surface area contributed by atoms with Gasteiger partial charge in [0.25, 0.3) is 5.91 Å². The number of halogens is 1. The molecule has 0 saturated carbocycles. The van der Waals surface area contributed by atoms with Gasteiger partial charge in [-0.15, -0.1) is 0 Å². The molecule has 0 aromatic heterocycles. The first-order valence-electron chi connectivity index (χ1n) is 7.40. The lowest BCUT2D eigenvalue weighted by atomic mass is 9.93. The molecule has 0 unspecified atom stereocenters. The van der Waals surface area contributed by atoms with Crippen molar-refractivity contribution in [3.63, 3.8) is 0 Å². The van der Waals surface area contributed by atoms with Crippen LogP contribution in [0.25, 0.3) is 0 Å². The molecule has 3 nitrogen and oxygen atoms in total. The van der Waals surface area contributed by atoms with Gasteiger partial charge in [0.15, 0.2) is 0 Å². The van der Waals surface area contributed by atoms with E-state index in [9.17, 15) is 9.90 Å². The number of nitrogens with one attached hydrogen (secondary N) is 1. The van der Waals surface area contributed by atoms with Crippen LogP contribution in [0.3, 0.4) is 0 Å². The highest BCUT2D eigenvalue weighted by Crippen LogP contribution is 2.22. The maximum absolute atomic E-state index is 12.1. The molecule has 0 heterocycles. The van der Waals surface area contributed by atoms with Gasteiger partial charge in [-0.05, 0) is 42.5 Å². The van der Waals surface area contributed by atoms with Crippen LogP contribution in [-0.4, -0.2) is 24.2 Å². The van der Waals surface area contributed by atoms with Crippen molar-refractivity contribution in [2.45, 2.75) is 18.8 Å². The summed E-state index contributed by atoms with van der Waals surface area (Å²) in [5.74, 6) is 0.115. The van der Waals surface area contributed by atoms with Crippen molar-refractivity contribution in [3.05, 3.63) is 70.7 Å². The van der Waals surface area contributed by atoms with Gasteiger partial charge in [-0.1, -0.05) is 48.0 Å². The predicted octanol–water partition coefficient (Wildman–Crippen LogP) is 3.63. The van der Waals surface area contributed by atoms with Gasteiger partial charge in [0, 0.05) is 23.7 Å².